The van der Waals surface area contributed by atoms with Crippen LogP contribution in [0.25, 0.3) is 0 Å². The summed E-state index contributed by atoms with van der Waals surface area (Å²) in [4.78, 5) is 11.6. The Morgan fingerprint density at radius 1 is 1.25 bits per heavy atom. The SMILES string of the molecule is CCc1nc(NN)cc(N2CCCC3CCCCC32)n1. The van der Waals surface area contributed by atoms with Crippen molar-refractivity contribution in [3.63, 3.8) is 0 Å². The van der Waals surface area contributed by atoms with Gasteiger partial charge in [0.05, 0.1) is 0 Å². The summed E-state index contributed by atoms with van der Waals surface area (Å²) >= 11 is 0. The van der Waals surface area contributed by atoms with Crippen LogP contribution in [0.5, 0.6) is 0 Å². The summed E-state index contributed by atoms with van der Waals surface area (Å²) in [5.74, 6) is 9.05. The number of piperidine rings is 1. The number of rotatable bonds is 3. The standard InChI is InChI=1S/C15H25N5/c1-2-13-17-14(19-16)10-15(18-13)20-9-5-7-11-6-3-4-8-12(11)20/h10-12H,2-9,16H2,1H3,(H,17,18,19). The van der Waals surface area contributed by atoms with E-state index in [4.69, 9.17) is 10.8 Å². The first-order valence-electron chi connectivity index (χ1n) is 7.93. The Balaban J connectivity index is 1.90. The van der Waals surface area contributed by atoms with Gasteiger partial charge in [-0.1, -0.05) is 19.8 Å². The molecule has 1 aliphatic carbocycles. The second kappa shape index (κ2) is 5.95. The van der Waals surface area contributed by atoms with E-state index in [-0.39, 0.29) is 0 Å². The lowest BCUT2D eigenvalue weighted by Crippen LogP contribution is -2.47. The molecule has 1 aromatic rings. The molecule has 110 valence electrons. The molecule has 2 atom stereocenters. The molecule has 0 spiro atoms. The number of hydrazine groups is 1. The highest BCUT2D eigenvalue weighted by Crippen LogP contribution is 2.37. The fourth-order valence-electron chi connectivity index (χ4n) is 3.77. The Hall–Kier alpha value is -1.36. The van der Waals surface area contributed by atoms with Crippen molar-refractivity contribution in [3.8, 4) is 0 Å². The Kier molecular flexibility index (Phi) is 4.05. The minimum Gasteiger partial charge on any atom is -0.353 e. The number of nitrogen functional groups attached to an aromatic ring is 1. The van der Waals surface area contributed by atoms with E-state index in [1.165, 1.54) is 38.5 Å². The first-order chi connectivity index (χ1) is 9.81. The van der Waals surface area contributed by atoms with Gasteiger partial charge < -0.3 is 10.3 Å². The van der Waals surface area contributed by atoms with Crippen LogP contribution in [0.4, 0.5) is 11.6 Å². The van der Waals surface area contributed by atoms with Gasteiger partial charge in [-0.25, -0.2) is 15.8 Å². The van der Waals surface area contributed by atoms with Crippen LogP contribution in [0.2, 0.25) is 0 Å². The van der Waals surface area contributed by atoms with Crippen molar-refractivity contribution >= 4 is 11.6 Å². The molecule has 1 saturated carbocycles. The van der Waals surface area contributed by atoms with Crippen molar-refractivity contribution in [1.82, 2.24) is 9.97 Å². The van der Waals surface area contributed by atoms with Crippen LogP contribution in [-0.2, 0) is 6.42 Å². The van der Waals surface area contributed by atoms with Crippen molar-refractivity contribution in [2.45, 2.75) is 57.9 Å². The molecule has 3 N–H and O–H groups in total. The minimum atomic E-state index is 0.669. The maximum absolute atomic E-state index is 5.54. The molecule has 20 heavy (non-hydrogen) atoms. The Morgan fingerprint density at radius 3 is 2.85 bits per heavy atom. The number of aromatic nitrogens is 2. The quantitative estimate of drug-likeness (QED) is 0.655. The highest BCUT2D eigenvalue weighted by atomic mass is 15.3. The van der Waals surface area contributed by atoms with Gasteiger partial charge in [-0.3, -0.25) is 0 Å². The van der Waals surface area contributed by atoms with Crippen molar-refractivity contribution in [2.75, 3.05) is 16.9 Å². The van der Waals surface area contributed by atoms with Gasteiger partial charge >= 0.3 is 0 Å². The third-order valence-electron chi connectivity index (χ3n) is 4.76. The Labute approximate surface area is 120 Å². The zero-order chi connectivity index (χ0) is 13.9. The number of hydrogen-bond acceptors (Lipinski definition) is 5. The molecule has 1 aliphatic heterocycles. The predicted molar refractivity (Wildman–Crippen MR) is 81.5 cm³/mol. The van der Waals surface area contributed by atoms with Crippen LogP contribution in [-0.4, -0.2) is 22.6 Å². The third kappa shape index (κ3) is 2.59. The summed E-state index contributed by atoms with van der Waals surface area (Å²) < 4.78 is 0. The summed E-state index contributed by atoms with van der Waals surface area (Å²) in [6, 6.07) is 2.67. The number of anilines is 2. The van der Waals surface area contributed by atoms with Crippen molar-refractivity contribution in [1.29, 1.82) is 0 Å². The molecular weight excluding hydrogens is 250 g/mol. The molecule has 1 saturated heterocycles. The fraction of sp³-hybridized carbons (Fsp3) is 0.733. The molecule has 2 unspecified atom stereocenters. The van der Waals surface area contributed by atoms with Crippen LogP contribution < -0.4 is 16.2 Å². The molecule has 3 rings (SSSR count). The lowest BCUT2D eigenvalue weighted by molar-refractivity contribution is 0.242. The molecule has 2 fully saturated rings. The Bertz CT molecular complexity index is 437. The fourth-order valence-corrected chi connectivity index (χ4v) is 3.77. The third-order valence-corrected chi connectivity index (χ3v) is 4.76. The van der Waals surface area contributed by atoms with Gasteiger partial charge in [0.15, 0.2) is 0 Å². The molecule has 0 bridgehead atoms. The van der Waals surface area contributed by atoms with E-state index in [0.717, 1.165) is 36.3 Å². The second-order valence-electron chi connectivity index (χ2n) is 5.97. The van der Waals surface area contributed by atoms with Crippen molar-refractivity contribution in [3.05, 3.63) is 11.9 Å². The van der Waals surface area contributed by atoms with Gasteiger partial charge in [0.1, 0.15) is 17.5 Å². The number of nitrogens with zero attached hydrogens (tertiary/aromatic N) is 3. The van der Waals surface area contributed by atoms with Crippen molar-refractivity contribution < 1.29 is 0 Å². The smallest absolute Gasteiger partial charge is 0.145 e. The zero-order valence-electron chi connectivity index (χ0n) is 12.3. The lowest BCUT2D eigenvalue weighted by atomic mass is 9.78. The summed E-state index contributed by atoms with van der Waals surface area (Å²) in [5, 5.41) is 0. The van der Waals surface area contributed by atoms with Gasteiger partial charge in [0, 0.05) is 25.1 Å². The van der Waals surface area contributed by atoms with E-state index >= 15 is 0 Å². The summed E-state index contributed by atoms with van der Waals surface area (Å²) in [6.45, 7) is 3.20. The summed E-state index contributed by atoms with van der Waals surface area (Å²) in [6.07, 6.45) is 8.94. The van der Waals surface area contributed by atoms with Gasteiger partial charge in [0.25, 0.3) is 0 Å². The number of nitrogens with two attached hydrogens (primary N) is 1. The van der Waals surface area contributed by atoms with Gasteiger partial charge in [-0.05, 0) is 31.6 Å². The molecular formula is C15H25N5. The first kappa shape index (κ1) is 13.6. The molecule has 2 aliphatic rings. The molecule has 0 radical (unpaired) electrons. The molecule has 2 heterocycles. The first-order valence-corrected chi connectivity index (χ1v) is 7.93. The maximum atomic E-state index is 5.54. The number of nitrogens with one attached hydrogen (secondary N) is 1. The van der Waals surface area contributed by atoms with Gasteiger partial charge in [0.2, 0.25) is 0 Å². The number of fused-ring (bicyclic) bond motifs is 1. The minimum absolute atomic E-state index is 0.669. The number of aryl methyl sites for hydroxylation is 1. The summed E-state index contributed by atoms with van der Waals surface area (Å²) in [5.41, 5.74) is 2.68. The number of hydrogen-bond donors (Lipinski definition) is 2. The molecule has 0 aromatic carbocycles. The average Bonchev–Trinajstić information content (AvgIpc) is 2.53. The van der Waals surface area contributed by atoms with E-state index in [1.807, 2.05) is 6.07 Å². The van der Waals surface area contributed by atoms with E-state index in [9.17, 15) is 0 Å². The van der Waals surface area contributed by atoms with Crippen LogP contribution in [0, 0.1) is 5.92 Å². The predicted octanol–water partition coefficient (Wildman–Crippen LogP) is 2.48. The average molecular weight is 275 g/mol. The van der Waals surface area contributed by atoms with Crippen LogP contribution >= 0.6 is 0 Å². The Morgan fingerprint density at radius 2 is 2.05 bits per heavy atom. The molecule has 5 nitrogen and oxygen atoms in total. The summed E-state index contributed by atoms with van der Waals surface area (Å²) in [7, 11) is 0. The van der Waals surface area contributed by atoms with E-state index < -0.39 is 0 Å². The highest BCUT2D eigenvalue weighted by molar-refractivity contribution is 5.50. The van der Waals surface area contributed by atoms with Gasteiger partial charge in [-0.15, -0.1) is 0 Å². The van der Waals surface area contributed by atoms with E-state index in [2.05, 4.69) is 22.2 Å². The maximum Gasteiger partial charge on any atom is 0.145 e. The van der Waals surface area contributed by atoms with Crippen LogP contribution in [0.1, 0.15) is 51.3 Å². The van der Waals surface area contributed by atoms with E-state index in [0.29, 0.717) is 6.04 Å². The second-order valence-corrected chi connectivity index (χ2v) is 5.97. The topological polar surface area (TPSA) is 67.1 Å². The monoisotopic (exact) mass is 275 g/mol. The van der Waals surface area contributed by atoms with Crippen LogP contribution in [0.15, 0.2) is 6.07 Å². The largest absolute Gasteiger partial charge is 0.353 e. The van der Waals surface area contributed by atoms with Crippen LogP contribution in [0.3, 0.4) is 0 Å². The normalized spacial score (nSPS) is 26.2. The molecule has 0 amide bonds. The zero-order valence-corrected chi connectivity index (χ0v) is 12.3. The highest BCUT2D eigenvalue weighted by Gasteiger charge is 2.34. The lowest BCUT2D eigenvalue weighted by Gasteiger charge is -2.44. The molecule has 1 aromatic heterocycles. The van der Waals surface area contributed by atoms with E-state index in [1.54, 1.807) is 0 Å². The van der Waals surface area contributed by atoms with Gasteiger partial charge in [-0.2, -0.15) is 0 Å². The van der Waals surface area contributed by atoms with Crippen molar-refractivity contribution in [2.24, 2.45) is 11.8 Å². The molecule has 5 heteroatoms.